The molecule has 2 rings (SSSR count). The Hall–Kier alpha value is -2.62. The van der Waals surface area contributed by atoms with E-state index in [4.69, 9.17) is 20.1 Å². The van der Waals surface area contributed by atoms with Gasteiger partial charge < -0.3 is 20.0 Å². The molecule has 23 heavy (non-hydrogen) atoms. The number of carbonyl (C=O) groups excluding carboxylic acids is 1. The molecule has 0 unspecified atom stereocenters. The van der Waals surface area contributed by atoms with Gasteiger partial charge in [0.1, 0.15) is 22.7 Å². The van der Waals surface area contributed by atoms with Crippen molar-refractivity contribution >= 4 is 22.9 Å². The third-order valence-electron chi connectivity index (χ3n) is 2.48. The highest BCUT2D eigenvalue weighted by atomic mass is 19.4. The summed E-state index contributed by atoms with van der Waals surface area (Å²) in [5.41, 5.74) is 5.77. The molecule has 0 bridgehead atoms. The summed E-state index contributed by atoms with van der Waals surface area (Å²) in [7, 11) is 1.23. The van der Waals surface area contributed by atoms with Crippen molar-refractivity contribution in [1.29, 1.82) is 0 Å². The second-order valence-corrected chi connectivity index (χ2v) is 4.08. The molecule has 0 atom stereocenters. The number of halogens is 4. The summed E-state index contributed by atoms with van der Waals surface area (Å²) < 4.78 is 54.8. The maximum absolute atomic E-state index is 13.2. The number of nitrogens with two attached hydrogens (primary N) is 1. The molecule has 10 heteroatoms. The average molecular weight is 337 g/mol. The Labute approximate surface area is 126 Å². The van der Waals surface area contributed by atoms with Crippen molar-refractivity contribution < 1.29 is 41.4 Å². The Morgan fingerprint density at radius 1 is 1.30 bits per heavy atom. The second-order valence-electron chi connectivity index (χ2n) is 4.08. The van der Waals surface area contributed by atoms with E-state index in [1.807, 2.05) is 0 Å². The van der Waals surface area contributed by atoms with Gasteiger partial charge in [-0.15, -0.1) is 0 Å². The zero-order chi connectivity index (χ0) is 17.8. The fourth-order valence-electron chi connectivity index (χ4n) is 1.53. The molecule has 0 saturated carbocycles. The van der Waals surface area contributed by atoms with Crippen LogP contribution in [0.1, 0.15) is 16.1 Å². The van der Waals surface area contributed by atoms with Crippen LogP contribution in [0.25, 0.3) is 11.0 Å². The standard InChI is InChI=1S/C11H10FNO3.C2HF3O2/c1-15-11(14)9-4-7(12)2-6-3-8(5-13)16-10(6)9;3-2(4,5)1(6)7/h2-4H,5,13H2,1H3;(H,6,7). The van der Waals surface area contributed by atoms with Gasteiger partial charge in [0.2, 0.25) is 0 Å². The molecule has 0 spiro atoms. The fraction of sp³-hybridized carbons (Fsp3) is 0.231. The number of carbonyl (C=O) groups is 2. The van der Waals surface area contributed by atoms with Gasteiger partial charge in [0.15, 0.2) is 0 Å². The molecule has 6 nitrogen and oxygen atoms in total. The molecule has 2 aromatic rings. The van der Waals surface area contributed by atoms with Crippen LogP contribution in [0.4, 0.5) is 17.6 Å². The zero-order valence-electron chi connectivity index (χ0n) is 11.6. The van der Waals surface area contributed by atoms with E-state index in [9.17, 15) is 22.4 Å². The van der Waals surface area contributed by atoms with E-state index in [2.05, 4.69) is 4.74 Å². The maximum Gasteiger partial charge on any atom is 0.490 e. The minimum Gasteiger partial charge on any atom is -0.475 e. The number of benzene rings is 1. The van der Waals surface area contributed by atoms with Gasteiger partial charge in [-0.2, -0.15) is 13.2 Å². The SMILES string of the molecule is COC(=O)c1cc(F)cc2cc(CN)oc12.O=C(O)C(F)(F)F. The monoisotopic (exact) mass is 337 g/mol. The van der Waals surface area contributed by atoms with Crippen LogP contribution in [0.5, 0.6) is 0 Å². The first-order valence-corrected chi connectivity index (χ1v) is 5.90. The van der Waals surface area contributed by atoms with Crippen LogP contribution in [-0.2, 0) is 16.1 Å². The molecular weight excluding hydrogens is 326 g/mol. The van der Waals surface area contributed by atoms with Crippen molar-refractivity contribution in [3.8, 4) is 0 Å². The summed E-state index contributed by atoms with van der Waals surface area (Å²) in [5, 5.41) is 7.63. The molecule has 1 aromatic heterocycles. The number of furan rings is 1. The largest absolute Gasteiger partial charge is 0.490 e. The van der Waals surface area contributed by atoms with Crippen molar-refractivity contribution in [2.45, 2.75) is 12.7 Å². The maximum atomic E-state index is 13.2. The van der Waals surface area contributed by atoms with Crippen molar-refractivity contribution in [3.05, 3.63) is 35.3 Å². The fourth-order valence-corrected chi connectivity index (χ4v) is 1.53. The van der Waals surface area contributed by atoms with E-state index < -0.39 is 23.9 Å². The lowest BCUT2D eigenvalue weighted by molar-refractivity contribution is -0.192. The smallest absolute Gasteiger partial charge is 0.475 e. The predicted molar refractivity (Wildman–Crippen MR) is 69.1 cm³/mol. The van der Waals surface area contributed by atoms with Crippen molar-refractivity contribution in [2.75, 3.05) is 7.11 Å². The highest BCUT2D eigenvalue weighted by molar-refractivity contribution is 6.02. The van der Waals surface area contributed by atoms with E-state index in [1.165, 1.54) is 13.2 Å². The highest BCUT2D eigenvalue weighted by Gasteiger charge is 2.38. The Morgan fingerprint density at radius 2 is 1.87 bits per heavy atom. The van der Waals surface area contributed by atoms with Crippen LogP contribution >= 0.6 is 0 Å². The van der Waals surface area contributed by atoms with E-state index >= 15 is 0 Å². The lowest BCUT2D eigenvalue weighted by atomic mass is 10.1. The number of ether oxygens (including phenoxy) is 1. The summed E-state index contributed by atoms with van der Waals surface area (Å²) in [6.07, 6.45) is -5.08. The molecule has 1 heterocycles. The van der Waals surface area contributed by atoms with Gasteiger partial charge in [0.05, 0.1) is 13.7 Å². The minimum atomic E-state index is -5.08. The quantitative estimate of drug-likeness (QED) is 0.644. The van der Waals surface area contributed by atoms with Crippen molar-refractivity contribution in [1.82, 2.24) is 0 Å². The lowest BCUT2D eigenvalue weighted by Gasteiger charge is -2.00. The van der Waals surface area contributed by atoms with Crippen LogP contribution in [0, 0.1) is 5.82 Å². The molecule has 1 aromatic carbocycles. The van der Waals surface area contributed by atoms with Crippen LogP contribution < -0.4 is 5.73 Å². The van der Waals surface area contributed by atoms with Gasteiger partial charge in [-0.25, -0.2) is 14.0 Å². The molecule has 0 aliphatic carbocycles. The Kier molecular flexibility index (Phi) is 5.68. The van der Waals surface area contributed by atoms with Gasteiger partial charge in [0, 0.05) is 5.39 Å². The lowest BCUT2D eigenvalue weighted by Crippen LogP contribution is -2.21. The Morgan fingerprint density at radius 3 is 2.30 bits per heavy atom. The molecule has 0 amide bonds. The van der Waals surface area contributed by atoms with Crippen LogP contribution in [0.2, 0.25) is 0 Å². The summed E-state index contributed by atoms with van der Waals surface area (Å²) >= 11 is 0. The van der Waals surface area contributed by atoms with Gasteiger partial charge >= 0.3 is 18.1 Å². The molecule has 0 aliphatic rings. The number of rotatable bonds is 2. The molecule has 0 radical (unpaired) electrons. The first-order chi connectivity index (χ1) is 10.6. The van der Waals surface area contributed by atoms with Crippen molar-refractivity contribution in [2.24, 2.45) is 5.73 Å². The number of methoxy groups -OCH3 is 1. The first-order valence-electron chi connectivity index (χ1n) is 5.90. The molecular formula is C13H11F4NO5. The van der Waals surface area contributed by atoms with E-state index in [0.717, 1.165) is 6.07 Å². The molecule has 126 valence electrons. The summed E-state index contributed by atoms with van der Waals surface area (Å²) in [5.74, 6) is -3.42. The molecule has 0 saturated heterocycles. The zero-order valence-corrected chi connectivity index (χ0v) is 11.6. The number of carboxylic acids is 1. The topological polar surface area (TPSA) is 103 Å². The van der Waals surface area contributed by atoms with E-state index in [1.54, 1.807) is 6.07 Å². The average Bonchev–Trinajstić information content (AvgIpc) is 2.88. The number of fused-ring (bicyclic) bond motifs is 1. The first kappa shape index (κ1) is 18.4. The normalized spacial score (nSPS) is 10.9. The van der Waals surface area contributed by atoms with Crippen LogP contribution in [-0.4, -0.2) is 30.3 Å². The van der Waals surface area contributed by atoms with Gasteiger partial charge in [-0.3, -0.25) is 0 Å². The van der Waals surface area contributed by atoms with Crippen LogP contribution in [0.3, 0.4) is 0 Å². The Balaban J connectivity index is 0.000000322. The number of carboxylic acid groups (broad SMARTS) is 1. The summed E-state index contributed by atoms with van der Waals surface area (Å²) in [6.45, 7) is 0.191. The number of alkyl halides is 3. The Bertz CT molecular complexity index is 723. The number of esters is 1. The second kappa shape index (κ2) is 7.09. The third kappa shape index (κ3) is 4.68. The minimum absolute atomic E-state index is 0.0669. The highest BCUT2D eigenvalue weighted by Crippen LogP contribution is 2.25. The number of hydrogen-bond donors (Lipinski definition) is 2. The van der Waals surface area contributed by atoms with Gasteiger partial charge in [-0.1, -0.05) is 0 Å². The van der Waals surface area contributed by atoms with E-state index in [-0.39, 0.29) is 12.1 Å². The number of aliphatic carboxylic acids is 1. The van der Waals surface area contributed by atoms with E-state index in [0.29, 0.717) is 16.7 Å². The molecule has 3 N–H and O–H groups in total. The van der Waals surface area contributed by atoms with Gasteiger partial charge in [-0.05, 0) is 18.2 Å². The summed E-state index contributed by atoms with van der Waals surface area (Å²) in [4.78, 5) is 20.3. The van der Waals surface area contributed by atoms with Crippen LogP contribution in [0.15, 0.2) is 22.6 Å². The molecule has 0 fully saturated rings. The summed E-state index contributed by atoms with van der Waals surface area (Å²) in [6, 6.07) is 3.97. The predicted octanol–water partition coefficient (Wildman–Crippen LogP) is 2.45. The third-order valence-corrected chi connectivity index (χ3v) is 2.48. The van der Waals surface area contributed by atoms with Crippen molar-refractivity contribution in [3.63, 3.8) is 0 Å². The van der Waals surface area contributed by atoms with Gasteiger partial charge in [0.25, 0.3) is 0 Å². The molecule has 0 aliphatic heterocycles. The number of hydrogen-bond acceptors (Lipinski definition) is 5.